The molecule has 0 aliphatic carbocycles. The second-order valence-electron chi connectivity index (χ2n) is 3.84. The predicted octanol–water partition coefficient (Wildman–Crippen LogP) is 1.50. The Kier molecular flexibility index (Phi) is 3.15. The third-order valence-corrected chi connectivity index (χ3v) is 3.80. The van der Waals surface area contributed by atoms with Crippen molar-refractivity contribution in [3.05, 3.63) is 16.6 Å². The lowest BCUT2D eigenvalue weighted by molar-refractivity contribution is 0.126. The molecular formula is C10H17N3S. The molecule has 0 saturated carbocycles. The first kappa shape index (κ1) is 10.1. The van der Waals surface area contributed by atoms with E-state index in [2.05, 4.69) is 34.4 Å². The van der Waals surface area contributed by atoms with E-state index in [1.807, 2.05) is 6.20 Å². The first-order valence-corrected chi connectivity index (χ1v) is 6.03. The van der Waals surface area contributed by atoms with E-state index in [1.165, 1.54) is 5.01 Å². The number of hydrogen-bond donors (Lipinski definition) is 1. The Balaban J connectivity index is 2.06. The predicted molar refractivity (Wildman–Crippen MR) is 59.6 cm³/mol. The van der Waals surface area contributed by atoms with Crippen molar-refractivity contribution in [2.45, 2.75) is 25.9 Å². The van der Waals surface area contributed by atoms with Gasteiger partial charge in [-0.1, -0.05) is 0 Å². The number of nitrogens with zero attached hydrogens (tertiary/aromatic N) is 2. The monoisotopic (exact) mass is 211 g/mol. The van der Waals surface area contributed by atoms with Crippen LogP contribution in [0.1, 0.15) is 24.9 Å². The molecule has 1 aromatic heterocycles. The highest BCUT2D eigenvalue weighted by molar-refractivity contribution is 7.09. The zero-order valence-corrected chi connectivity index (χ0v) is 9.55. The summed E-state index contributed by atoms with van der Waals surface area (Å²) in [6, 6.07) is 1.08. The van der Waals surface area contributed by atoms with Crippen LogP contribution >= 0.6 is 11.3 Å². The third-order valence-electron chi connectivity index (χ3n) is 2.86. The van der Waals surface area contributed by atoms with Crippen LogP contribution in [0.5, 0.6) is 0 Å². The highest BCUT2D eigenvalue weighted by Crippen LogP contribution is 2.24. The van der Waals surface area contributed by atoms with E-state index >= 15 is 0 Å². The van der Waals surface area contributed by atoms with Crippen molar-refractivity contribution in [1.82, 2.24) is 15.2 Å². The number of hydrogen-bond acceptors (Lipinski definition) is 4. The van der Waals surface area contributed by atoms with Crippen LogP contribution in [0.15, 0.2) is 11.6 Å². The van der Waals surface area contributed by atoms with Gasteiger partial charge in [0.15, 0.2) is 0 Å². The minimum atomic E-state index is 0.465. The van der Waals surface area contributed by atoms with E-state index < -0.39 is 0 Å². The van der Waals surface area contributed by atoms with Gasteiger partial charge >= 0.3 is 0 Å². The van der Waals surface area contributed by atoms with Crippen molar-refractivity contribution in [2.24, 2.45) is 0 Å². The highest BCUT2D eigenvalue weighted by Gasteiger charge is 2.24. The number of aromatic nitrogens is 1. The molecule has 3 nitrogen and oxygen atoms in total. The fourth-order valence-electron chi connectivity index (χ4n) is 2.01. The van der Waals surface area contributed by atoms with Crippen LogP contribution in [0.3, 0.4) is 0 Å². The summed E-state index contributed by atoms with van der Waals surface area (Å²) < 4.78 is 0. The minimum Gasteiger partial charge on any atom is -0.314 e. The molecule has 14 heavy (non-hydrogen) atoms. The van der Waals surface area contributed by atoms with Gasteiger partial charge in [-0.3, -0.25) is 4.90 Å². The third kappa shape index (κ3) is 1.97. The Morgan fingerprint density at radius 2 is 2.57 bits per heavy atom. The van der Waals surface area contributed by atoms with Crippen LogP contribution in [-0.4, -0.2) is 35.6 Å². The van der Waals surface area contributed by atoms with Crippen LogP contribution in [0.2, 0.25) is 0 Å². The zero-order chi connectivity index (χ0) is 9.97. The Morgan fingerprint density at radius 3 is 3.21 bits per heavy atom. The van der Waals surface area contributed by atoms with Crippen molar-refractivity contribution in [1.29, 1.82) is 0 Å². The van der Waals surface area contributed by atoms with E-state index in [1.54, 1.807) is 11.3 Å². The molecule has 1 N–H and O–H groups in total. The molecule has 78 valence electrons. The average Bonchev–Trinajstić information content (AvgIpc) is 2.70. The van der Waals surface area contributed by atoms with Gasteiger partial charge in [0.2, 0.25) is 0 Å². The molecule has 2 atom stereocenters. The van der Waals surface area contributed by atoms with Gasteiger partial charge in [-0.2, -0.15) is 0 Å². The molecule has 0 spiro atoms. The van der Waals surface area contributed by atoms with Gasteiger partial charge in [0.25, 0.3) is 0 Å². The number of nitrogens with one attached hydrogen (secondary N) is 1. The lowest BCUT2D eigenvalue weighted by Gasteiger charge is -2.37. The molecule has 4 heteroatoms. The lowest BCUT2D eigenvalue weighted by atomic mass is 10.1. The summed E-state index contributed by atoms with van der Waals surface area (Å²) in [7, 11) is 0. The number of thiazole rings is 1. The van der Waals surface area contributed by atoms with Gasteiger partial charge in [0.05, 0.1) is 6.04 Å². The standard InChI is InChI=1S/C10H17N3S/c1-8-7-11-3-5-13(8)9(2)10-12-4-6-14-10/h4,6,8-9,11H,3,5,7H2,1-2H3/t8-,9+/m0/s1. The first-order valence-electron chi connectivity index (χ1n) is 5.15. The largest absolute Gasteiger partial charge is 0.314 e. The summed E-state index contributed by atoms with van der Waals surface area (Å²) >= 11 is 1.75. The van der Waals surface area contributed by atoms with E-state index in [9.17, 15) is 0 Å². The molecule has 1 fully saturated rings. The maximum Gasteiger partial charge on any atom is 0.109 e. The van der Waals surface area contributed by atoms with Crippen LogP contribution in [0.25, 0.3) is 0 Å². The Bertz CT molecular complexity index is 273. The molecule has 0 radical (unpaired) electrons. The molecule has 1 saturated heterocycles. The van der Waals surface area contributed by atoms with Crippen LogP contribution in [-0.2, 0) is 0 Å². The maximum absolute atomic E-state index is 4.38. The molecule has 0 unspecified atom stereocenters. The Labute approximate surface area is 89.1 Å². The summed E-state index contributed by atoms with van der Waals surface area (Å²) in [6.07, 6.45) is 1.89. The van der Waals surface area contributed by atoms with Gasteiger partial charge in [-0.15, -0.1) is 11.3 Å². The molecule has 1 aliphatic heterocycles. The average molecular weight is 211 g/mol. The Morgan fingerprint density at radius 1 is 1.71 bits per heavy atom. The zero-order valence-electron chi connectivity index (χ0n) is 8.73. The molecule has 0 bridgehead atoms. The number of rotatable bonds is 2. The summed E-state index contributed by atoms with van der Waals surface area (Å²) in [6.45, 7) is 7.84. The summed E-state index contributed by atoms with van der Waals surface area (Å²) in [4.78, 5) is 6.91. The molecular weight excluding hydrogens is 194 g/mol. The van der Waals surface area contributed by atoms with Gasteiger partial charge in [-0.05, 0) is 13.8 Å². The lowest BCUT2D eigenvalue weighted by Crippen LogP contribution is -2.50. The molecule has 1 aliphatic rings. The molecule has 2 heterocycles. The molecule has 0 aromatic carbocycles. The topological polar surface area (TPSA) is 28.2 Å². The Hall–Kier alpha value is -0.450. The van der Waals surface area contributed by atoms with Gasteiger partial charge in [0, 0.05) is 37.3 Å². The second-order valence-corrected chi connectivity index (χ2v) is 4.76. The second kappa shape index (κ2) is 4.38. The van der Waals surface area contributed by atoms with E-state index in [0.29, 0.717) is 12.1 Å². The highest BCUT2D eigenvalue weighted by atomic mass is 32.1. The summed E-state index contributed by atoms with van der Waals surface area (Å²) in [5.74, 6) is 0. The van der Waals surface area contributed by atoms with Crippen LogP contribution in [0, 0.1) is 0 Å². The summed E-state index contributed by atoms with van der Waals surface area (Å²) in [5, 5.41) is 6.70. The quantitative estimate of drug-likeness (QED) is 0.803. The summed E-state index contributed by atoms with van der Waals surface area (Å²) in [5.41, 5.74) is 0. The van der Waals surface area contributed by atoms with Crippen molar-refractivity contribution in [3.63, 3.8) is 0 Å². The molecule has 1 aromatic rings. The fraction of sp³-hybridized carbons (Fsp3) is 0.700. The first-order chi connectivity index (χ1) is 6.79. The van der Waals surface area contributed by atoms with Crippen molar-refractivity contribution in [2.75, 3.05) is 19.6 Å². The van der Waals surface area contributed by atoms with Crippen molar-refractivity contribution in [3.8, 4) is 0 Å². The fourth-order valence-corrected chi connectivity index (χ4v) is 2.73. The SMILES string of the molecule is C[C@H](c1nccs1)N1CCNC[C@@H]1C. The molecule has 0 amide bonds. The van der Waals surface area contributed by atoms with E-state index in [-0.39, 0.29) is 0 Å². The van der Waals surface area contributed by atoms with Crippen LogP contribution < -0.4 is 5.32 Å². The van der Waals surface area contributed by atoms with Gasteiger partial charge in [0.1, 0.15) is 5.01 Å². The number of piperazine rings is 1. The van der Waals surface area contributed by atoms with Gasteiger partial charge < -0.3 is 5.32 Å². The van der Waals surface area contributed by atoms with Crippen molar-refractivity contribution >= 4 is 11.3 Å². The van der Waals surface area contributed by atoms with E-state index in [4.69, 9.17) is 0 Å². The van der Waals surface area contributed by atoms with E-state index in [0.717, 1.165) is 19.6 Å². The normalized spacial score (nSPS) is 26.3. The van der Waals surface area contributed by atoms with Crippen LogP contribution in [0.4, 0.5) is 0 Å². The molecule has 2 rings (SSSR count). The van der Waals surface area contributed by atoms with Gasteiger partial charge in [-0.25, -0.2) is 4.98 Å². The smallest absolute Gasteiger partial charge is 0.109 e. The van der Waals surface area contributed by atoms with Crippen molar-refractivity contribution < 1.29 is 0 Å². The maximum atomic E-state index is 4.38. The minimum absolute atomic E-state index is 0.465.